The van der Waals surface area contributed by atoms with Gasteiger partial charge in [-0.3, -0.25) is 4.79 Å². The number of aryl methyl sites for hydroxylation is 2. The van der Waals surface area contributed by atoms with Crippen LogP contribution in [0.2, 0.25) is 0 Å². The van der Waals surface area contributed by atoms with Crippen LogP contribution in [0.15, 0.2) is 10.3 Å². The number of aromatic nitrogens is 3. The smallest absolute Gasteiger partial charge is 0.267 e. The summed E-state index contributed by atoms with van der Waals surface area (Å²) in [6, 6.07) is 0. The number of fused-ring (bicyclic) bond motifs is 1. The molecule has 0 spiro atoms. The van der Waals surface area contributed by atoms with Crippen LogP contribution in [0.5, 0.6) is 0 Å². The van der Waals surface area contributed by atoms with Gasteiger partial charge in [0.1, 0.15) is 16.2 Å². The lowest BCUT2D eigenvalue weighted by Gasteiger charge is -1.97. The summed E-state index contributed by atoms with van der Waals surface area (Å²) in [5, 5.41) is 4.05. The minimum Gasteiger partial charge on any atom is -0.267 e. The van der Waals surface area contributed by atoms with Crippen LogP contribution in [0.25, 0.3) is 4.83 Å². The molecule has 2 aromatic rings. The quantitative estimate of drug-likeness (QED) is 0.603. The third-order valence-electron chi connectivity index (χ3n) is 1.73. The molecule has 2 rings (SSSR count). The SMILES string of the molecule is Cc1c(=O)nc(C)n2ncsc12. The van der Waals surface area contributed by atoms with E-state index in [2.05, 4.69) is 10.1 Å². The van der Waals surface area contributed by atoms with Gasteiger partial charge in [0.25, 0.3) is 5.56 Å². The van der Waals surface area contributed by atoms with Crippen molar-refractivity contribution in [3.05, 3.63) is 27.3 Å². The maximum atomic E-state index is 11.2. The predicted octanol–water partition coefficient (Wildman–Crippen LogP) is 0.768. The van der Waals surface area contributed by atoms with Gasteiger partial charge in [0.05, 0.1) is 5.56 Å². The third kappa shape index (κ3) is 0.863. The Bertz CT molecular complexity index is 485. The Morgan fingerprint density at radius 3 is 3.00 bits per heavy atom. The van der Waals surface area contributed by atoms with Gasteiger partial charge in [0.15, 0.2) is 0 Å². The van der Waals surface area contributed by atoms with E-state index in [0.29, 0.717) is 11.4 Å². The molecule has 62 valence electrons. The lowest BCUT2D eigenvalue weighted by molar-refractivity contribution is 0.845. The fraction of sp³-hybridized carbons (Fsp3) is 0.286. The van der Waals surface area contributed by atoms with Gasteiger partial charge in [-0.25, -0.2) is 4.52 Å². The van der Waals surface area contributed by atoms with Gasteiger partial charge in [0, 0.05) is 0 Å². The Balaban J connectivity index is 3.07. The summed E-state index contributed by atoms with van der Waals surface area (Å²) in [4.78, 5) is 15.9. The Hall–Kier alpha value is -1.23. The van der Waals surface area contributed by atoms with Crippen molar-refractivity contribution in [2.75, 3.05) is 0 Å². The summed E-state index contributed by atoms with van der Waals surface area (Å²) >= 11 is 1.45. The molecule has 0 N–H and O–H groups in total. The molecule has 0 radical (unpaired) electrons. The molecular weight excluding hydrogens is 174 g/mol. The normalized spacial score (nSPS) is 10.8. The zero-order chi connectivity index (χ0) is 8.72. The van der Waals surface area contributed by atoms with E-state index in [9.17, 15) is 4.79 Å². The topological polar surface area (TPSA) is 47.3 Å². The Kier molecular flexibility index (Phi) is 1.47. The first-order chi connectivity index (χ1) is 5.70. The molecule has 0 saturated carbocycles. The van der Waals surface area contributed by atoms with Crippen molar-refractivity contribution in [1.29, 1.82) is 0 Å². The van der Waals surface area contributed by atoms with Gasteiger partial charge in [-0.15, -0.1) is 11.3 Å². The van der Waals surface area contributed by atoms with Gasteiger partial charge >= 0.3 is 0 Å². The van der Waals surface area contributed by atoms with Crippen LogP contribution in [0.1, 0.15) is 11.4 Å². The van der Waals surface area contributed by atoms with Crippen LogP contribution in [-0.4, -0.2) is 14.6 Å². The second kappa shape index (κ2) is 2.38. The molecule has 12 heavy (non-hydrogen) atoms. The molecule has 0 aromatic carbocycles. The highest BCUT2D eigenvalue weighted by Crippen LogP contribution is 2.11. The molecule has 5 heteroatoms. The molecule has 0 aliphatic carbocycles. The summed E-state index contributed by atoms with van der Waals surface area (Å²) in [5.41, 5.74) is 2.22. The number of nitrogens with zero attached hydrogens (tertiary/aromatic N) is 3. The number of hydrogen-bond donors (Lipinski definition) is 0. The maximum absolute atomic E-state index is 11.2. The zero-order valence-electron chi connectivity index (χ0n) is 6.74. The first-order valence-electron chi connectivity index (χ1n) is 3.50. The van der Waals surface area contributed by atoms with E-state index in [1.165, 1.54) is 11.3 Å². The van der Waals surface area contributed by atoms with Crippen LogP contribution in [-0.2, 0) is 0 Å². The van der Waals surface area contributed by atoms with Crippen molar-refractivity contribution in [2.45, 2.75) is 13.8 Å². The standard InChI is InChI=1S/C7H7N3OS/c1-4-6(11)9-5(2)10-7(4)12-3-8-10/h3H,1-2H3. The molecular formula is C7H7N3OS. The largest absolute Gasteiger partial charge is 0.277 e. The Labute approximate surface area is 72.5 Å². The van der Waals surface area contributed by atoms with E-state index in [1.54, 1.807) is 23.9 Å². The van der Waals surface area contributed by atoms with Crippen LogP contribution in [0, 0.1) is 13.8 Å². The second-order valence-corrected chi connectivity index (χ2v) is 3.38. The third-order valence-corrected chi connectivity index (χ3v) is 2.63. The van der Waals surface area contributed by atoms with Crippen LogP contribution in [0.3, 0.4) is 0 Å². The molecule has 2 aromatic heterocycles. The molecule has 0 saturated heterocycles. The van der Waals surface area contributed by atoms with E-state index in [1.807, 2.05) is 0 Å². The zero-order valence-corrected chi connectivity index (χ0v) is 7.55. The molecule has 4 nitrogen and oxygen atoms in total. The summed E-state index contributed by atoms with van der Waals surface area (Å²) < 4.78 is 1.68. The highest BCUT2D eigenvalue weighted by molar-refractivity contribution is 7.15. The van der Waals surface area contributed by atoms with Crippen molar-refractivity contribution in [2.24, 2.45) is 0 Å². The fourth-order valence-electron chi connectivity index (χ4n) is 1.07. The highest BCUT2D eigenvalue weighted by atomic mass is 32.1. The lowest BCUT2D eigenvalue weighted by Crippen LogP contribution is -2.14. The van der Waals surface area contributed by atoms with E-state index in [4.69, 9.17) is 0 Å². The van der Waals surface area contributed by atoms with Crippen molar-refractivity contribution < 1.29 is 0 Å². The van der Waals surface area contributed by atoms with Gasteiger partial charge in [0.2, 0.25) is 0 Å². The first-order valence-corrected chi connectivity index (χ1v) is 4.38. The first kappa shape index (κ1) is 7.42. The van der Waals surface area contributed by atoms with Gasteiger partial charge in [-0.1, -0.05) is 0 Å². The van der Waals surface area contributed by atoms with Crippen LogP contribution in [0.4, 0.5) is 0 Å². The molecule has 0 aliphatic rings. The van der Waals surface area contributed by atoms with Gasteiger partial charge in [-0.05, 0) is 13.8 Å². The number of rotatable bonds is 0. The minimum absolute atomic E-state index is 0.156. The lowest BCUT2D eigenvalue weighted by atomic mass is 10.4. The van der Waals surface area contributed by atoms with Crippen molar-refractivity contribution >= 4 is 16.2 Å². The molecule has 0 aliphatic heterocycles. The average molecular weight is 181 g/mol. The maximum Gasteiger partial charge on any atom is 0.277 e. The van der Waals surface area contributed by atoms with Crippen molar-refractivity contribution in [1.82, 2.24) is 14.6 Å². The van der Waals surface area contributed by atoms with E-state index < -0.39 is 0 Å². The Morgan fingerprint density at radius 1 is 1.50 bits per heavy atom. The molecule has 0 amide bonds. The highest BCUT2D eigenvalue weighted by Gasteiger charge is 2.05. The predicted molar refractivity (Wildman–Crippen MR) is 46.6 cm³/mol. The summed E-state index contributed by atoms with van der Waals surface area (Å²) in [6.45, 7) is 3.54. The molecule has 2 heterocycles. The summed E-state index contributed by atoms with van der Waals surface area (Å²) in [5.74, 6) is 0.641. The summed E-state index contributed by atoms with van der Waals surface area (Å²) in [7, 11) is 0. The van der Waals surface area contributed by atoms with E-state index in [-0.39, 0.29) is 5.56 Å². The molecule has 0 fully saturated rings. The number of hydrogen-bond acceptors (Lipinski definition) is 4. The minimum atomic E-state index is -0.156. The van der Waals surface area contributed by atoms with Crippen molar-refractivity contribution in [3.8, 4) is 0 Å². The fourth-order valence-corrected chi connectivity index (χ4v) is 1.85. The van der Waals surface area contributed by atoms with Gasteiger partial charge < -0.3 is 0 Å². The van der Waals surface area contributed by atoms with Gasteiger partial charge in [-0.2, -0.15) is 10.1 Å². The molecule has 0 atom stereocenters. The van der Waals surface area contributed by atoms with E-state index in [0.717, 1.165) is 4.83 Å². The average Bonchev–Trinajstić information content (AvgIpc) is 2.48. The van der Waals surface area contributed by atoms with E-state index >= 15 is 0 Å². The molecule has 0 unspecified atom stereocenters. The van der Waals surface area contributed by atoms with Crippen LogP contribution < -0.4 is 5.56 Å². The van der Waals surface area contributed by atoms with Crippen molar-refractivity contribution in [3.63, 3.8) is 0 Å². The monoisotopic (exact) mass is 181 g/mol. The Morgan fingerprint density at radius 2 is 2.25 bits per heavy atom. The second-order valence-electron chi connectivity index (χ2n) is 2.54. The molecule has 0 bridgehead atoms. The van der Waals surface area contributed by atoms with Crippen LogP contribution >= 0.6 is 11.3 Å². The summed E-state index contributed by atoms with van der Waals surface area (Å²) in [6.07, 6.45) is 0.